The minimum absolute atomic E-state index is 0.260. The van der Waals surface area contributed by atoms with Crippen molar-refractivity contribution in [3.05, 3.63) is 12.2 Å². The molecule has 0 aromatic heterocycles. The van der Waals surface area contributed by atoms with Crippen molar-refractivity contribution >= 4 is 0 Å². The molecule has 0 aromatic carbocycles. The van der Waals surface area contributed by atoms with E-state index in [-0.39, 0.29) is 6.10 Å². The molecule has 2 fully saturated rings. The number of aliphatic hydroxyl groups is 1. The van der Waals surface area contributed by atoms with Crippen molar-refractivity contribution in [2.75, 3.05) is 6.61 Å². The quantitative estimate of drug-likeness (QED) is 0.578. The topological polar surface area (TPSA) is 29.5 Å². The standard InChI is InChI=1S/C11H18O2/c1-7-6-13-10-5-11(3,12)8(2)4-9(7)10/h7,9-10,12H,2,4-6H2,1,3H3/t7-,9+,10+,11+/m0/s1. The van der Waals surface area contributed by atoms with Gasteiger partial charge in [-0.25, -0.2) is 0 Å². The average Bonchev–Trinajstić information content (AvgIpc) is 2.34. The van der Waals surface area contributed by atoms with E-state index in [1.807, 2.05) is 6.92 Å². The summed E-state index contributed by atoms with van der Waals surface area (Å²) in [7, 11) is 0. The van der Waals surface area contributed by atoms with Crippen LogP contribution in [-0.2, 0) is 4.74 Å². The molecular formula is C11H18O2. The van der Waals surface area contributed by atoms with Crippen molar-refractivity contribution in [1.82, 2.24) is 0 Å². The first-order valence-electron chi connectivity index (χ1n) is 5.03. The summed E-state index contributed by atoms with van der Waals surface area (Å²) in [5.74, 6) is 1.21. The van der Waals surface area contributed by atoms with Gasteiger partial charge in [-0.15, -0.1) is 0 Å². The first-order valence-corrected chi connectivity index (χ1v) is 5.03. The zero-order chi connectivity index (χ0) is 9.64. The van der Waals surface area contributed by atoms with Crippen LogP contribution < -0.4 is 0 Å². The molecule has 74 valence electrons. The molecule has 0 bridgehead atoms. The van der Waals surface area contributed by atoms with Crippen LogP contribution in [0.5, 0.6) is 0 Å². The van der Waals surface area contributed by atoms with Crippen molar-refractivity contribution in [3.63, 3.8) is 0 Å². The minimum atomic E-state index is -0.703. The van der Waals surface area contributed by atoms with Crippen LogP contribution in [0.1, 0.15) is 26.7 Å². The Kier molecular flexibility index (Phi) is 2.00. The van der Waals surface area contributed by atoms with Gasteiger partial charge in [-0.2, -0.15) is 0 Å². The zero-order valence-corrected chi connectivity index (χ0v) is 8.42. The average molecular weight is 182 g/mol. The predicted octanol–water partition coefficient (Wildman–Crippen LogP) is 1.74. The van der Waals surface area contributed by atoms with Crippen LogP contribution in [0.3, 0.4) is 0 Å². The van der Waals surface area contributed by atoms with Crippen LogP contribution in [0, 0.1) is 11.8 Å². The Balaban J connectivity index is 2.16. The minimum Gasteiger partial charge on any atom is -0.386 e. The van der Waals surface area contributed by atoms with E-state index >= 15 is 0 Å². The normalized spacial score (nSPS) is 50.7. The van der Waals surface area contributed by atoms with E-state index in [2.05, 4.69) is 13.5 Å². The molecule has 1 heterocycles. The highest BCUT2D eigenvalue weighted by atomic mass is 16.5. The fourth-order valence-electron chi connectivity index (χ4n) is 2.47. The van der Waals surface area contributed by atoms with Crippen LogP contribution in [0.4, 0.5) is 0 Å². The molecule has 0 aromatic rings. The van der Waals surface area contributed by atoms with Gasteiger partial charge in [0.1, 0.15) is 0 Å². The molecule has 1 saturated carbocycles. The van der Waals surface area contributed by atoms with Gasteiger partial charge in [0.25, 0.3) is 0 Å². The highest BCUT2D eigenvalue weighted by Gasteiger charge is 2.44. The van der Waals surface area contributed by atoms with Gasteiger partial charge in [0.05, 0.1) is 11.7 Å². The highest BCUT2D eigenvalue weighted by molar-refractivity contribution is 5.17. The van der Waals surface area contributed by atoms with Crippen molar-refractivity contribution in [2.24, 2.45) is 11.8 Å². The summed E-state index contributed by atoms with van der Waals surface area (Å²) in [6, 6.07) is 0. The molecule has 4 atom stereocenters. The second-order valence-electron chi connectivity index (χ2n) is 4.80. The molecule has 1 saturated heterocycles. The molecule has 0 unspecified atom stereocenters. The van der Waals surface area contributed by atoms with Crippen molar-refractivity contribution in [1.29, 1.82) is 0 Å². The van der Waals surface area contributed by atoms with Gasteiger partial charge < -0.3 is 9.84 Å². The van der Waals surface area contributed by atoms with E-state index in [0.29, 0.717) is 11.8 Å². The number of hydrogen-bond acceptors (Lipinski definition) is 2. The predicted molar refractivity (Wildman–Crippen MR) is 51.4 cm³/mol. The summed E-state index contributed by atoms with van der Waals surface area (Å²) in [6.07, 6.45) is 1.91. The van der Waals surface area contributed by atoms with Crippen LogP contribution >= 0.6 is 0 Å². The number of ether oxygens (including phenoxy) is 1. The Hall–Kier alpha value is -0.340. The van der Waals surface area contributed by atoms with Crippen molar-refractivity contribution in [2.45, 2.75) is 38.4 Å². The second-order valence-corrected chi connectivity index (χ2v) is 4.80. The first kappa shape index (κ1) is 9.22. The Morgan fingerprint density at radius 3 is 3.00 bits per heavy atom. The summed E-state index contributed by atoms with van der Waals surface area (Å²) in [5.41, 5.74) is 0.275. The van der Waals surface area contributed by atoms with Crippen LogP contribution in [0.2, 0.25) is 0 Å². The van der Waals surface area contributed by atoms with E-state index in [0.717, 1.165) is 25.0 Å². The molecular weight excluding hydrogens is 164 g/mol. The molecule has 2 nitrogen and oxygen atoms in total. The summed E-state index contributed by atoms with van der Waals surface area (Å²) >= 11 is 0. The highest BCUT2D eigenvalue weighted by Crippen LogP contribution is 2.43. The summed E-state index contributed by atoms with van der Waals surface area (Å²) < 4.78 is 5.65. The SMILES string of the molecule is C=C1C[C@@H]2[C@@H](C)CO[C@@H]2C[C@@]1(C)O. The van der Waals surface area contributed by atoms with Gasteiger partial charge >= 0.3 is 0 Å². The number of fused-ring (bicyclic) bond motifs is 1. The third kappa shape index (κ3) is 1.42. The maximum absolute atomic E-state index is 10.00. The smallest absolute Gasteiger partial charge is 0.0851 e. The summed E-state index contributed by atoms with van der Waals surface area (Å²) in [5, 5.41) is 10.00. The van der Waals surface area contributed by atoms with Crippen molar-refractivity contribution < 1.29 is 9.84 Å². The van der Waals surface area contributed by atoms with E-state index in [1.54, 1.807) is 0 Å². The Morgan fingerprint density at radius 2 is 2.31 bits per heavy atom. The van der Waals surface area contributed by atoms with E-state index in [1.165, 1.54) is 0 Å². The molecule has 0 radical (unpaired) electrons. The van der Waals surface area contributed by atoms with E-state index < -0.39 is 5.60 Å². The zero-order valence-electron chi connectivity index (χ0n) is 8.42. The number of rotatable bonds is 0. The lowest BCUT2D eigenvalue weighted by molar-refractivity contribution is -0.0175. The molecule has 0 spiro atoms. The van der Waals surface area contributed by atoms with Crippen LogP contribution in [0.25, 0.3) is 0 Å². The van der Waals surface area contributed by atoms with Gasteiger partial charge in [-0.3, -0.25) is 0 Å². The van der Waals surface area contributed by atoms with E-state index in [9.17, 15) is 5.11 Å². The van der Waals surface area contributed by atoms with Crippen LogP contribution in [0.15, 0.2) is 12.2 Å². The molecule has 2 aliphatic rings. The second kappa shape index (κ2) is 2.82. The molecule has 13 heavy (non-hydrogen) atoms. The third-order valence-corrected chi connectivity index (χ3v) is 3.62. The Labute approximate surface area is 79.6 Å². The molecule has 1 N–H and O–H groups in total. The van der Waals surface area contributed by atoms with Gasteiger partial charge in [-0.1, -0.05) is 13.5 Å². The van der Waals surface area contributed by atoms with Gasteiger partial charge in [0.15, 0.2) is 0 Å². The van der Waals surface area contributed by atoms with Crippen molar-refractivity contribution in [3.8, 4) is 0 Å². The Bertz CT molecular complexity index is 232. The molecule has 1 aliphatic carbocycles. The third-order valence-electron chi connectivity index (χ3n) is 3.62. The lowest BCUT2D eigenvalue weighted by atomic mass is 9.72. The van der Waals surface area contributed by atoms with Gasteiger partial charge in [0.2, 0.25) is 0 Å². The summed E-state index contributed by atoms with van der Waals surface area (Å²) in [4.78, 5) is 0. The maximum Gasteiger partial charge on any atom is 0.0851 e. The van der Waals surface area contributed by atoms with Gasteiger partial charge in [0, 0.05) is 13.0 Å². The number of hydrogen-bond donors (Lipinski definition) is 1. The van der Waals surface area contributed by atoms with E-state index in [4.69, 9.17) is 4.74 Å². The molecule has 1 aliphatic heterocycles. The fraction of sp³-hybridized carbons (Fsp3) is 0.818. The monoisotopic (exact) mass is 182 g/mol. The molecule has 0 amide bonds. The first-order chi connectivity index (χ1) is 6.00. The maximum atomic E-state index is 10.00. The molecule has 2 rings (SSSR count). The fourth-order valence-corrected chi connectivity index (χ4v) is 2.47. The van der Waals surface area contributed by atoms with Crippen LogP contribution in [-0.4, -0.2) is 23.4 Å². The lowest BCUT2D eigenvalue weighted by Gasteiger charge is -2.38. The summed E-state index contributed by atoms with van der Waals surface area (Å²) in [6.45, 7) is 8.87. The lowest BCUT2D eigenvalue weighted by Crippen LogP contribution is -2.40. The Morgan fingerprint density at radius 1 is 1.62 bits per heavy atom. The molecule has 2 heteroatoms. The largest absolute Gasteiger partial charge is 0.386 e. The van der Waals surface area contributed by atoms with Gasteiger partial charge in [-0.05, 0) is 30.8 Å².